The summed E-state index contributed by atoms with van der Waals surface area (Å²) in [6.45, 7) is 14.4. The molecule has 1 heterocycles. The number of hydrogen-bond donors (Lipinski definition) is 1. The molecule has 3 unspecified atom stereocenters. The largest absolute Gasteiger partial charge is 0.393 e. The molecule has 2 rings (SSSR count). The van der Waals surface area contributed by atoms with E-state index in [2.05, 4.69) is 71.1 Å². The van der Waals surface area contributed by atoms with Gasteiger partial charge in [-0.3, -0.25) is 4.79 Å². The van der Waals surface area contributed by atoms with E-state index in [-0.39, 0.29) is 22.7 Å². The van der Waals surface area contributed by atoms with Gasteiger partial charge in [0.1, 0.15) is 17.5 Å². The van der Waals surface area contributed by atoms with Gasteiger partial charge in [-0.2, -0.15) is 0 Å². The minimum Gasteiger partial charge on any atom is -0.393 e. The number of aldehydes is 1. The number of epoxide rings is 1. The molecule has 1 saturated heterocycles. The lowest BCUT2D eigenvalue weighted by Crippen LogP contribution is -2.46. The molecule has 0 aromatic rings. The van der Waals surface area contributed by atoms with Crippen molar-refractivity contribution in [3.8, 4) is 0 Å². The first-order chi connectivity index (χ1) is 15.4. The van der Waals surface area contributed by atoms with Gasteiger partial charge < -0.3 is 9.84 Å². The zero-order chi connectivity index (χ0) is 24.7. The van der Waals surface area contributed by atoms with Crippen LogP contribution in [-0.2, 0) is 9.53 Å². The minimum atomic E-state index is -0.289. The first-order valence-corrected chi connectivity index (χ1v) is 11.7. The number of aliphatic hydroxyl groups is 1. The number of carbonyl (C=O) groups excluding carboxylic acids is 1. The SMILES string of the molecule is CC(=C/C=C/C(C)=C/C=C/C=C(C)/C=C/C=C(\C)C=O)/C=C/C12OC1(C)CC(O)CC2(C)C. The summed E-state index contributed by atoms with van der Waals surface area (Å²) in [5, 5.41) is 10.2. The second-order valence-electron chi connectivity index (χ2n) is 10.2. The normalized spacial score (nSPS) is 31.2. The quantitative estimate of drug-likeness (QED) is 0.181. The lowest BCUT2D eigenvalue weighted by molar-refractivity contribution is -0.104. The van der Waals surface area contributed by atoms with E-state index in [0.717, 1.165) is 29.4 Å². The highest BCUT2D eigenvalue weighted by molar-refractivity contribution is 5.72. The maximum atomic E-state index is 10.6. The van der Waals surface area contributed by atoms with Crippen molar-refractivity contribution < 1.29 is 14.6 Å². The molecule has 178 valence electrons. The molecule has 3 atom stereocenters. The highest BCUT2D eigenvalue weighted by Gasteiger charge is 2.74. The van der Waals surface area contributed by atoms with Crippen molar-refractivity contribution in [2.75, 3.05) is 0 Å². The molecule has 1 aliphatic carbocycles. The third-order valence-electron chi connectivity index (χ3n) is 6.54. The van der Waals surface area contributed by atoms with E-state index >= 15 is 0 Å². The minimum absolute atomic E-state index is 0.0918. The molecule has 1 N–H and O–H groups in total. The van der Waals surface area contributed by atoms with E-state index in [1.54, 1.807) is 13.0 Å². The maximum Gasteiger partial charge on any atom is 0.145 e. The fraction of sp³-hybridized carbons (Fsp3) is 0.433. The third-order valence-corrected chi connectivity index (χ3v) is 6.54. The van der Waals surface area contributed by atoms with Gasteiger partial charge in [0.2, 0.25) is 0 Å². The molecule has 0 aromatic carbocycles. The van der Waals surface area contributed by atoms with Crippen LogP contribution in [0.15, 0.2) is 95.2 Å². The molecule has 1 aliphatic heterocycles. The van der Waals surface area contributed by atoms with Crippen LogP contribution in [0.25, 0.3) is 0 Å². The van der Waals surface area contributed by atoms with E-state index in [1.807, 2.05) is 37.3 Å². The Bertz CT molecular complexity index is 965. The second kappa shape index (κ2) is 11.1. The molecule has 33 heavy (non-hydrogen) atoms. The molecule has 2 fully saturated rings. The Labute approximate surface area is 200 Å². The number of hydrogen-bond acceptors (Lipinski definition) is 3. The van der Waals surface area contributed by atoms with Crippen molar-refractivity contribution in [1.29, 1.82) is 0 Å². The first-order valence-electron chi connectivity index (χ1n) is 11.7. The van der Waals surface area contributed by atoms with Crippen molar-refractivity contribution in [3.63, 3.8) is 0 Å². The second-order valence-corrected chi connectivity index (χ2v) is 10.2. The summed E-state index contributed by atoms with van der Waals surface area (Å²) in [6.07, 6.45) is 26.4. The fourth-order valence-electron chi connectivity index (χ4n) is 4.65. The van der Waals surface area contributed by atoms with Crippen molar-refractivity contribution in [2.45, 2.75) is 78.6 Å². The molecule has 1 saturated carbocycles. The monoisotopic (exact) mass is 448 g/mol. The molecule has 2 aliphatic rings. The van der Waals surface area contributed by atoms with Crippen LogP contribution in [0.5, 0.6) is 0 Å². The van der Waals surface area contributed by atoms with Crippen LogP contribution in [0.1, 0.15) is 61.3 Å². The van der Waals surface area contributed by atoms with E-state index in [1.165, 1.54) is 0 Å². The number of carbonyl (C=O) groups is 1. The van der Waals surface area contributed by atoms with Crippen molar-refractivity contribution in [1.82, 2.24) is 0 Å². The average molecular weight is 449 g/mol. The summed E-state index contributed by atoms with van der Waals surface area (Å²) in [4.78, 5) is 10.6. The molecule has 3 heteroatoms. The average Bonchev–Trinajstić information content (AvgIpc) is 3.35. The Hall–Kier alpha value is -2.49. The highest BCUT2D eigenvalue weighted by atomic mass is 16.6. The fourth-order valence-corrected chi connectivity index (χ4v) is 4.65. The van der Waals surface area contributed by atoms with Gasteiger partial charge in [-0.1, -0.05) is 97.4 Å². The van der Waals surface area contributed by atoms with Gasteiger partial charge in [0.05, 0.1) is 6.10 Å². The van der Waals surface area contributed by atoms with Gasteiger partial charge in [0.25, 0.3) is 0 Å². The first kappa shape index (κ1) is 26.8. The number of aliphatic hydroxyl groups excluding tert-OH is 1. The smallest absolute Gasteiger partial charge is 0.145 e. The van der Waals surface area contributed by atoms with Crippen LogP contribution in [0.2, 0.25) is 0 Å². The number of fused-ring (bicyclic) bond motifs is 1. The molecule has 0 bridgehead atoms. The lowest BCUT2D eigenvalue weighted by Gasteiger charge is -2.39. The molecule has 0 aromatic heterocycles. The van der Waals surface area contributed by atoms with Gasteiger partial charge in [-0.05, 0) is 52.7 Å². The maximum absolute atomic E-state index is 10.6. The Morgan fingerprint density at radius 2 is 1.24 bits per heavy atom. The molecule has 0 amide bonds. The van der Waals surface area contributed by atoms with Crippen LogP contribution in [0.4, 0.5) is 0 Å². The van der Waals surface area contributed by atoms with Crippen LogP contribution in [0.3, 0.4) is 0 Å². The Kier molecular flexibility index (Phi) is 8.99. The Balaban J connectivity index is 1.92. The Morgan fingerprint density at radius 1 is 0.758 bits per heavy atom. The van der Waals surface area contributed by atoms with Crippen molar-refractivity contribution in [2.24, 2.45) is 5.41 Å². The standard InChI is InChI=1S/C30H40O3/c1-23(12-8-9-13-24(2)15-11-17-26(4)22-31)14-10-16-25(3)18-19-30-28(5,6)20-27(32)21-29(30,7)33-30/h8-19,22,27,32H,20-21H2,1-7H3/b9-8+,14-10+,15-11+,19-18+,23-12+,24-13+,25-16-,26-17+. The van der Waals surface area contributed by atoms with E-state index in [9.17, 15) is 9.90 Å². The van der Waals surface area contributed by atoms with Gasteiger partial charge in [0.15, 0.2) is 0 Å². The summed E-state index contributed by atoms with van der Waals surface area (Å²) in [5.74, 6) is 0. The van der Waals surface area contributed by atoms with E-state index < -0.39 is 0 Å². The molecule has 0 radical (unpaired) electrons. The third kappa shape index (κ3) is 6.99. The summed E-state index contributed by atoms with van der Waals surface area (Å²) in [5.41, 5.74) is 3.49. The summed E-state index contributed by atoms with van der Waals surface area (Å²) in [6, 6.07) is 0. The number of allylic oxidation sites excluding steroid dienone is 15. The number of ether oxygens (including phenoxy) is 1. The predicted molar refractivity (Wildman–Crippen MR) is 139 cm³/mol. The molecular formula is C30H40O3. The summed E-state index contributed by atoms with van der Waals surface area (Å²) < 4.78 is 6.21. The lowest BCUT2D eigenvalue weighted by atomic mass is 9.63. The van der Waals surface area contributed by atoms with E-state index in [4.69, 9.17) is 4.74 Å². The van der Waals surface area contributed by atoms with E-state index in [0.29, 0.717) is 12.0 Å². The van der Waals surface area contributed by atoms with Crippen LogP contribution in [0, 0.1) is 5.41 Å². The van der Waals surface area contributed by atoms with Gasteiger partial charge in [0, 0.05) is 11.8 Å². The molecule has 0 spiro atoms. The topological polar surface area (TPSA) is 49.8 Å². The van der Waals surface area contributed by atoms with Gasteiger partial charge in [-0.25, -0.2) is 0 Å². The molecular weight excluding hydrogens is 408 g/mol. The van der Waals surface area contributed by atoms with Gasteiger partial charge in [-0.15, -0.1) is 0 Å². The Morgan fingerprint density at radius 3 is 1.76 bits per heavy atom. The van der Waals surface area contributed by atoms with Gasteiger partial charge >= 0.3 is 0 Å². The van der Waals surface area contributed by atoms with Crippen LogP contribution in [-0.4, -0.2) is 28.7 Å². The summed E-state index contributed by atoms with van der Waals surface area (Å²) in [7, 11) is 0. The number of rotatable bonds is 9. The van der Waals surface area contributed by atoms with Crippen LogP contribution >= 0.6 is 0 Å². The predicted octanol–water partition coefficient (Wildman–Crippen LogP) is 6.90. The van der Waals surface area contributed by atoms with Crippen LogP contribution < -0.4 is 0 Å². The van der Waals surface area contributed by atoms with Crippen molar-refractivity contribution >= 4 is 6.29 Å². The zero-order valence-electron chi connectivity index (χ0n) is 21.3. The van der Waals surface area contributed by atoms with Crippen molar-refractivity contribution in [3.05, 3.63) is 95.2 Å². The highest BCUT2D eigenvalue weighted by Crippen LogP contribution is 2.66. The molecule has 3 nitrogen and oxygen atoms in total. The summed E-state index contributed by atoms with van der Waals surface area (Å²) >= 11 is 0. The zero-order valence-corrected chi connectivity index (χ0v) is 21.3.